The van der Waals surface area contributed by atoms with E-state index in [2.05, 4.69) is 23.6 Å². The van der Waals surface area contributed by atoms with Gasteiger partial charge >= 0.3 is 0 Å². The lowest BCUT2D eigenvalue weighted by Crippen LogP contribution is -2.08. The lowest BCUT2D eigenvalue weighted by atomic mass is 10.3. The molecule has 0 radical (unpaired) electrons. The van der Waals surface area contributed by atoms with Gasteiger partial charge in [0.25, 0.3) is 0 Å². The molecule has 3 rings (SSSR count). The Morgan fingerprint density at radius 1 is 1.00 bits per heavy atom. The van der Waals surface area contributed by atoms with Gasteiger partial charge in [-0.3, -0.25) is 0 Å². The molecule has 0 unspecified atom stereocenters. The Kier molecular flexibility index (Phi) is 4.81. The monoisotopic (exact) mass is 310 g/mol. The molecular formula is C19H22N2O2. The largest absolute Gasteiger partial charge is 0.493 e. The first-order valence-electron chi connectivity index (χ1n) is 8.03. The van der Waals surface area contributed by atoms with Gasteiger partial charge in [-0.1, -0.05) is 37.6 Å². The van der Waals surface area contributed by atoms with Crippen LogP contribution in [0.2, 0.25) is 0 Å². The van der Waals surface area contributed by atoms with E-state index < -0.39 is 0 Å². The van der Waals surface area contributed by atoms with Crippen LogP contribution in [0, 0.1) is 0 Å². The maximum atomic E-state index is 5.96. The fraction of sp³-hybridized carbons (Fsp3) is 0.316. The number of fused-ring (bicyclic) bond motifs is 1. The van der Waals surface area contributed by atoms with E-state index in [4.69, 9.17) is 14.5 Å². The number of imidazole rings is 1. The molecule has 3 aromatic rings. The van der Waals surface area contributed by atoms with Gasteiger partial charge in [0.05, 0.1) is 18.1 Å². The van der Waals surface area contributed by atoms with Crippen molar-refractivity contribution in [3.63, 3.8) is 0 Å². The second-order valence-electron chi connectivity index (χ2n) is 5.46. The van der Waals surface area contributed by atoms with Gasteiger partial charge < -0.3 is 14.0 Å². The van der Waals surface area contributed by atoms with E-state index in [-0.39, 0.29) is 0 Å². The van der Waals surface area contributed by atoms with Crippen LogP contribution < -0.4 is 9.47 Å². The summed E-state index contributed by atoms with van der Waals surface area (Å²) in [5, 5.41) is 0. The maximum absolute atomic E-state index is 5.96. The van der Waals surface area contributed by atoms with Gasteiger partial charge in [0.15, 0.2) is 11.5 Å². The number of methoxy groups -OCH3 is 1. The van der Waals surface area contributed by atoms with Crippen molar-refractivity contribution in [1.82, 2.24) is 9.55 Å². The number of ether oxygens (including phenoxy) is 2. The Balaban J connectivity index is 1.87. The summed E-state index contributed by atoms with van der Waals surface area (Å²) in [7, 11) is 1.65. The Morgan fingerprint density at radius 2 is 1.74 bits per heavy atom. The Labute approximate surface area is 136 Å². The number of para-hydroxylation sites is 4. The summed E-state index contributed by atoms with van der Waals surface area (Å²) in [6, 6.07) is 15.9. The number of unbranched alkanes of at least 4 members (excludes halogenated alkanes) is 1. The van der Waals surface area contributed by atoms with Crippen LogP contribution in [0.3, 0.4) is 0 Å². The second kappa shape index (κ2) is 7.18. The van der Waals surface area contributed by atoms with Crippen molar-refractivity contribution in [2.75, 3.05) is 7.11 Å². The van der Waals surface area contributed by atoms with Crippen molar-refractivity contribution in [3.05, 3.63) is 54.4 Å². The lowest BCUT2D eigenvalue weighted by Gasteiger charge is -2.12. The molecule has 0 bridgehead atoms. The molecule has 0 aliphatic heterocycles. The summed E-state index contributed by atoms with van der Waals surface area (Å²) in [5.74, 6) is 2.43. The average molecular weight is 310 g/mol. The van der Waals surface area contributed by atoms with Crippen LogP contribution in [-0.4, -0.2) is 16.7 Å². The van der Waals surface area contributed by atoms with Gasteiger partial charge in [0.1, 0.15) is 12.4 Å². The van der Waals surface area contributed by atoms with Gasteiger partial charge in [0.2, 0.25) is 0 Å². The number of rotatable bonds is 7. The highest BCUT2D eigenvalue weighted by atomic mass is 16.5. The van der Waals surface area contributed by atoms with Crippen molar-refractivity contribution in [1.29, 1.82) is 0 Å². The van der Waals surface area contributed by atoms with E-state index in [0.29, 0.717) is 6.61 Å². The molecule has 0 fully saturated rings. The van der Waals surface area contributed by atoms with Crippen molar-refractivity contribution in [3.8, 4) is 11.5 Å². The molecule has 0 spiro atoms. The van der Waals surface area contributed by atoms with Crippen molar-refractivity contribution >= 4 is 11.0 Å². The van der Waals surface area contributed by atoms with E-state index in [9.17, 15) is 0 Å². The van der Waals surface area contributed by atoms with E-state index in [1.165, 1.54) is 5.52 Å². The Morgan fingerprint density at radius 3 is 2.52 bits per heavy atom. The SMILES string of the molecule is CCCCn1c(COc2ccccc2OC)nc2ccccc21. The Bertz CT molecular complexity index is 780. The van der Waals surface area contributed by atoms with Crippen LogP contribution in [-0.2, 0) is 13.2 Å². The van der Waals surface area contributed by atoms with Crippen LogP contribution in [0.1, 0.15) is 25.6 Å². The molecule has 0 amide bonds. The van der Waals surface area contributed by atoms with Crippen LogP contribution >= 0.6 is 0 Å². The number of hydrogen-bond donors (Lipinski definition) is 0. The summed E-state index contributed by atoms with van der Waals surface area (Å²) < 4.78 is 13.5. The first-order chi connectivity index (χ1) is 11.3. The number of benzene rings is 2. The molecule has 0 aliphatic rings. The third-order valence-corrected chi connectivity index (χ3v) is 3.89. The molecular weight excluding hydrogens is 288 g/mol. The van der Waals surface area contributed by atoms with Crippen molar-refractivity contribution in [2.24, 2.45) is 0 Å². The van der Waals surface area contributed by atoms with Gasteiger partial charge in [-0.25, -0.2) is 4.98 Å². The normalized spacial score (nSPS) is 10.9. The Hall–Kier alpha value is -2.49. The van der Waals surface area contributed by atoms with E-state index in [1.54, 1.807) is 7.11 Å². The van der Waals surface area contributed by atoms with E-state index >= 15 is 0 Å². The number of aryl methyl sites for hydroxylation is 1. The average Bonchev–Trinajstić information content (AvgIpc) is 2.96. The third kappa shape index (κ3) is 3.31. The zero-order valence-electron chi connectivity index (χ0n) is 13.7. The standard InChI is InChI=1S/C19H22N2O2/c1-3-4-13-21-16-10-6-5-9-15(16)20-19(21)14-23-18-12-8-7-11-17(18)22-2/h5-12H,3-4,13-14H2,1-2H3. The summed E-state index contributed by atoms with van der Waals surface area (Å²) in [5.41, 5.74) is 2.18. The second-order valence-corrected chi connectivity index (χ2v) is 5.46. The highest BCUT2D eigenvalue weighted by Crippen LogP contribution is 2.27. The minimum Gasteiger partial charge on any atom is -0.493 e. The number of aromatic nitrogens is 2. The van der Waals surface area contributed by atoms with E-state index in [0.717, 1.165) is 42.2 Å². The predicted molar refractivity (Wildman–Crippen MR) is 92.0 cm³/mol. The molecule has 120 valence electrons. The molecule has 4 nitrogen and oxygen atoms in total. The fourth-order valence-corrected chi connectivity index (χ4v) is 2.68. The number of hydrogen-bond acceptors (Lipinski definition) is 3. The maximum Gasteiger partial charge on any atom is 0.161 e. The first kappa shape index (κ1) is 15.4. The molecule has 23 heavy (non-hydrogen) atoms. The van der Waals surface area contributed by atoms with Crippen LogP contribution in [0.5, 0.6) is 11.5 Å². The summed E-state index contributed by atoms with van der Waals surface area (Å²) in [6.07, 6.45) is 2.28. The zero-order valence-corrected chi connectivity index (χ0v) is 13.7. The van der Waals surface area contributed by atoms with Crippen LogP contribution in [0.15, 0.2) is 48.5 Å². The molecule has 1 aromatic heterocycles. The first-order valence-corrected chi connectivity index (χ1v) is 8.03. The van der Waals surface area contributed by atoms with Gasteiger partial charge in [-0.15, -0.1) is 0 Å². The van der Waals surface area contributed by atoms with Crippen molar-refractivity contribution in [2.45, 2.75) is 32.9 Å². The fourth-order valence-electron chi connectivity index (χ4n) is 2.68. The quantitative estimate of drug-likeness (QED) is 0.648. The molecule has 0 aliphatic carbocycles. The highest BCUT2D eigenvalue weighted by molar-refractivity contribution is 5.75. The molecule has 0 saturated carbocycles. The van der Waals surface area contributed by atoms with Crippen LogP contribution in [0.4, 0.5) is 0 Å². The molecule has 2 aromatic carbocycles. The molecule has 0 N–H and O–H groups in total. The summed E-state index contributed by atoms with van der Waals surface area (Å²) >= 11 is 0. The lowest BCUT2D eigenvalue weighted by molar-refractivity contribution is 0.271. The van der Waals surface area contributed by atoms with Gasteiger partial charge in [0, 0.05) is 6.54 Å². The molecule has 1 heterocycles. The summed E-state index contributed by atoms with van der Waals surface area (Å²) in [6.45, 7) is 3.59. The molecule has 0 saturated heterocycles. The minimum atomic E-state index is 0.429. The minimum absolute atomic E-state index is 0.429. The molecule has 4 heteroatoms. The molecule has 0 atom stereocenters. The topological polar surface area (TPSA) is 36.3 Å². The third-order valence-electron chi connectivity index (χ3n) is 3.89. The van der Waals surface area contributed by atoms with Gasteiger partial charge in [-0.2, -0.15) is 0 Å². The predicted octanol–water partition coefficient (Wildman–Crippen LogP) is 4.42. The zero-order chi connectivity index (χ0) is 16.1. The van der Waals surface area contributed by atoms with E-state index in [1.807, 2.05) is 36.4 Å². The highest BCUT2D eigenvalue weighted by Gasteiger charge is 2.11. The number of nitrogens with zero attached hydrogens (tertiary/aromatic N) is 2. The van der Waals surface area contributed by atoms with Gasteiger partial charge in [-0.05, 0) is 30.7 Å². The van der Waals surface area contributed by atoms with Crippen LogP contribution in [0.25, 0.3) is 11.0 Å². The summed E-state index contributed by atoms with van der Waals surface area (Å²) in [4.78, 5) is 4.73. The smallest absolute Gasteiger partial charge is 0.161 e. The van der Waals surface area contributed by atoms with Crippen molar-refractivity contribution < 1.29 is 9.47 Å².